The molecule has 3 nitrogen and oxygen atoms in total. The van der Waals surface area contributed by atoms with Crippen molar-refractivity contribution in [2.45, 2.75) is 96.9 Å². The quantitative estimate of drug-likeness (QED) is 0.731. The highest BCUT2D eigenvalue weighted by Crippen LogP contribution is 2.16. The van der Waals surface area contributed by atoms with E-state index in [2.05, 4.69) is 17.6 Å². The molecule has 0 aliphatic heterocycles. The second-order valence-corrected chi connectivity index (χ2v) is 6.42. The average Bonchev–Trinajstić information content (AvgIpc) is 2.47. The Balaban J connectivity index is 2.35. The molecule has 3 heteroatoms. The first kappa shape index (κ1) is 18.1. The van der Waals surface area contributed by atoms with Gasteiger partial charge in [-0.2, -0.15) is 0 Å². The Labute approximate surface area is 131 Å². The second-order valence-electron chi connectivity index (χ2n) is 6.42. The van der Waals surface area contributed by atoms with Crippen LogP contribution in [0.25, 0.3) is 0 Å². The molecule has 0 heterocycles. The molecule has 1 aliphatic rings. The number of carbonyl (C=O) groups excluding carboxylic acids is 1. The minimum Gasteiger partial charge on any atom is -0.335 e. The Morgan fingerprint density at radius 2 is 1.43 bits per heavy atom. The van der Waals surface area contributed by atoms with E-state index in [1.54, 1.807) is 0 Å². The molecule has 21 heavy (non-hydrogen) atoms. The van der Waals surface area contributed by atoms with Gasteiger partial charge in [0, 0.05) is 12.2 Å². The normalized spacial score (nSPS) is 20.2. The van der Waals surface area contributed by atoms with Crippen molar-refractivity contribution >= 4 is 6.03 Å². The molecule has 1 fully saturated rings. The zero-order valence-corrected chi connectivity index (χ0v) is 14.0. The molecular weight excluding hydrogens is 260 g/mol. The molecule has 2 N–H and O–H groups in total. The molecule has 0 spiro atoms. The minimum atomic E-state index is -0.0418. The molecule has 0 aromatic rings. The molecule has 1 rings (SSSR count). The number of amides is 2. The van der Waals surface area contributed by atoms with Crippen LogP contribution >= 0.6 is 0 Å². The minimum absolute atomic E-state index is 0.0418. The topological polar surface area (TPSA) is 41.1 Å². The van der Waals surface area contributed by atoms with Gasteiger partial charge < -0.3 is 10.6 Å². The fourth-order valence-corrected chi connectivity index (χ4v) is 2.83. The molecule has 0 unspecified atom stereocenters. The van der Waals surface area contributed by atoms with E-state index in [0.29, 0.717) is 6.04 Å². The Bertz CT molecular complexity index is 300. The van der Waals surface area contributed by atoms with Crippen molar-refractivity contribution < 1.29 is 4.79 Å². The van der Waals surface area contributed by atoms with E-state index < -0.39 is 0 Å². The van der Waals surface area contributed by atoms with Gasteiger partial charge in [0.2, 0.25) is 0 Å². The van der Waals surface area contributed by atoms with Crippen molar-refractivity contribution in [3.63, 3.8) is 0 Å². The summed E-state index contributed by atoms with van der Waals surface area (Å²) in [5.41, 5.74) is 1.20. The highest BCUT2D eigenvalue weighted by atomic mass is 16.2. The molecule has 1 saturated carbocycles. The largest absolute Gasteiger partial charge is 0.335 e. The number of urea groups is 1. The molecule has 0 atom stereocenters. The van der Waals surface area contributed by atoms with Crippen LogP contribution in [0.15, 0.2) is 11.8 Å². The first-order valence-electron chi connectivity index (χ1n) is 8.95. The molecule has 0 bridgehead atoms. The molecular formula is C18H34N2O. The zero-order valence-electron chi connectivity index (χ0n) is 14.0. The van der Waals surface area contributed by atoms with Crippen LogP contribution in [0.2, 0.25) is 0 Å². The van der Waals surface area contributed by atoms with Crippen molar-refractivity contribution in [2.75, 3.05) is 0 Å². The third kappa shape index (κ3) is 9.54. The van der Waals surface area contributed by atoms with E-state index in [9.17, 15) is 4.79 Å². The van der Waals surface area contributed by atoms with Crippen LogP contribution in [0.5, 0.6) is 0 Å². The summed E-state index contributed by atoms with van der Waals surface area (Å²) in [4.78, 5) is 11.9. The molecule has 122 valence electrons. The average molecular weight is 294 g/mol. The molecule has 0 saturated heterocycles. The van der Waals surface area contributed by atoms with Crippen molar-refractivity contribution in [3.8, 4) is 0 Å². The van der Waals surface area contributed by atoms with E-state index >= 15 is 0 Å². The number of nitrogens with one attached hydrogen (secondary N) is 2. The van der Waals surface area contributed by atoms with Gasteiger partial charge in [-0.3, -0.25) is 0 Å². The van der Waals surface area contributed by atoms with Crippen LogP contribution in [0.4, 0.5) is 4.79 Å². The van der Waals surface area contributed by atoms with Gasteiger partial charge in [0.25, 0.3) is 0 Å². The Kier molecular flexibility index (Phi) is 10.0. The fourth-order valence-electron chi connectivity index (χ4n) is 2.83. The van der Waals surface area contributed by atoms with Crippen molar-refractivity contribution in [3.05, 3.63) is 11.8 Å². The maximum atomic E-state index is 11.9. The fraction of sp³-hybridized carbons (Fsp3) is 0.833. The molecule has 1 aliphatic carbocycles. The van der Waals surface area contributed by atoms with Gasteiger partial charge in [-0.1, -0.05) is 70.3 Å². The summed E-state index contributed by atoms with van der Waals surface area (Å²) in [5.74, 6) is 0. The summed E-state index contributed by atoms with van der Waals surface area (Å²) < 4.78 is 0. The monoisotopic (exact) mass is 294 g/mol. The SMILES string of the molecule is CC/C(C)=C/NC(=O)NC1CCCCCCCCCCC1. The third-order valence-electron chi connectivity index (χ3n) is 4.45. The summed E-state index contributed by atoms with van der Waals surface area (Å²) in [5, 5.41) is 6.01. The second kappa shape index (κ2) is 11.6. The Morgan fingerprint density at radius 3 is 1.90 bits per heavy atom. The van der Waals surface area contributed by atoms with Crippen molar-refractivity contribution in [1.82, 2.24) is 10.6 Å². The van der Waals surface area contributed by atoms with Crippen LogP contribution in [0.1, 0.15) is 90.9 Å². The van der Waals surface area contributed by atoms with E-state index in [1.807, 2.05) is 13.1 Å². The highest BCUT2D eigenvalue weighted by Gasteiger charge is 2.11. The van der Waals surface area contributed by atoms with Crippen LogP contribution in [0.3, 0.4) is 0 Å². The maximum Gasteiger partial charge on any atom is 0.318 e. The lowest BCUT2D eigenvalue weighted by molar-refractivity contribution is 0.237. The highest BCUT2D eigenvalue weighted by molar-refractivity contribution is 5.75. The zero-order chi connectivity index (χ0) is 15.3. The predicted molar refractivity (Wildman–Crippen MR) is 90.3 cm³/mol. The summed E-state index contributed by atoms with van der Waals surface area (Å²) >= 11 is 0. The summed E-state index contributed by atoms with van der Waals surface area (Å²) in [6.07, 6.45) is 17.1. The van der Waals surface area contributed by atoms with Gasteiger partial charge in [0.1, 0.15) is 0 Å². The van der Waals surface area contributed by atoms with Gasteiger partial charge in [-0.15, -0.1) is 0 Å². The van der Waals surface area contributed by atoms with Gasteiger partial charge in [0.05, 0.1) is 0 Å². The molecule has 0 aromatic heterocycles. The number of carbonyl (C=O) groups is 1. The van der Waals surface area contributed by atoms with Crippen LogP contribution in [-0.4, -0.2) is 12.1 Å². The van der Waals surface area contributed by atoms with Gasteiger partial charge in [-0.05, 0) is 26.2 Å². The molecule has 0 radical (unpaired) electrons. The van der Waals surface area contributed by atoms with E-state index in [-0.39, 0.29) is 6.03 Å². The number of hydrogen-bond donors (Lipinski definition) is 2. The van der Waals surface area contributed by atoms with Crippen LogP contribution < -0.4 is 10.6 Å². The first-order valence-corrected chi connectivity index (χ1v) is 8.95. The smallest absolute Gasteiger partial charge is 0.318 e. The van der Waals surface area contributed by atoms with Gasteiger partial charge in [-0.25, -0.2) is 4.79 Å². The van der Waals surface area contributed by atoms with Gasteiger partial charge in [0.15, 0.2) is 0 Å². The van der Waals surface area contributed by atoms with Crippen LogP contribution in [-0.2, 0) is 0 Å². The third-order valence-corrected chi connectivity index (χ3v) is 4.45. The predicted octanol–water partition coefficient (Wildman–Crippen LogP) is 5.27. The lowest BCUT2D eigenvalue weighted by atomic mass is 9.98. The molecule has 0 aromatic carbocycles. The van der Waals surface area contributed by atoms with Crippen molar-refractivity contribution in [2.24, 2.45) is 0 Å². The summed E-state index contributed by atoms with van der Waals surface area (Å²) in [6.45, 7) is 4.13. The lowest BCUT2D eigenvalue weighted by Gasteiger charge is -2.19. The van der Waals surface area contributed by atoms with E-state index in [1.165, 1.54) is 63.4 Å². The number of hydrogen-bond acceptors (Lipinski definition) is 1. The lowest BCUT2D eigenvalue weighted by Crippen LogP contribution is -2.40. The van der Waals surface area contributed by atoms with Crippen molar-refractivity contribution in [1.29, 1.82) is 0 Å². The number of allylic oxidation sites excluding steroid dienone is 1. The maximum absolute atomic E-state index is 11.9. The first-order chi connectivity index (χ1) is 10.2. The Morgan fingerprint density at radius 1 is 0.952 bits per heavy atom. The van der Waals surface area contributed by atoms with Gasteiger partial charge >= 0.3 is 6.03 Å². The molecule has 2 amide bonds. The standard InChI is InChI=1S/C18H34N2O/c1-3-16(2)15-19-18(21)20-17-13-11-9-7-5-4-6-8-10-12-14-17/h15,17H,3-14H2,1-2H3,(H2,19,20,21)/b16-15+. The number of rotatable bonds is 3. The van der Waals surface area contributed by atoms with E-state index in [4.69, 9.17) is 0 Å². The summed E-state index contributed by atoms with van der Waals surface area (Å²) in [7, 11) is 0. The van der Waals surface area contributed by atoms with Crippen LogP contribution in [0, 0.1) is 0 Å². The summed E-state index contributed by atoms with van der Waals surface area (Å²) in [6, 6.07) is 0.305. The van der Waals surface area contributed by atoms with E-state index in [0.717, 1.165) is 19.3 Å². The Hall–Kier alpha value is -0.990.